The van der Waals surface area contributed by atoms with Crippen molar-refractivity contribution in [2.45, 2.75) is 6.61 Å². The number of aldehydes is 1. The van der Waals surface area contributed by atoms with E-state index >= 15 is 0 Å². The third kappa shape index (κ3) is 5.29. The molecule has 0 fully saturated rings. The van der Waals surface area contributed by atoms with E-state index in [0.29, 0.717) is 11.8 Å². The van der Waals surface area contributed by atoms with Crippen LogP contribution in [0.25, 0.3) is 0 Å². The summed E-state index contributed by atoms with van der Waals surface area (Å²) in [7, 11) is 1.39. The Balaban J connectivity index is 1.89. The van der Waals surface area contributed by atoms with E-state index in [1.807, 2.05) is 30.3 Å². The van der Waals surface area contributed by atoms with E-state index < -0.39 is 6.09 Å². The van der Waals surface area contributed by atoms with Gasteiger partial charge in [0.1, 0.15) is 6.61 Å². The molecule has 0 heterocycles. The van der Waals surface area contributed by atoms with Gasteiger partial charge < -0.3 is 19.9 Å². The molecule has 25 heavy (non-hydrogen) atoms. The second-order valence-electron chi connectivity index (χ2n) is 4.95. The third-order valence-corrected chi connectivity index (χ3v) is 3.23. The van der Waals surface area contributed by atoms with Gasteiger partial charge in [0.25, 0.3) is 0 Å². The number of amides is 1. The van der Waals surface area contributed by atoms with Gasteiger partial charge in [-0.1, -0.05) is 42.2 Å². The molecule has 2 aromatic carbocycles. The molecule has 0 unspecified atom stereocenters. The molecule has 2 aromatic rings. The first-order chi connectivity index (χ1) is 12.1. The van der Waals surface area contributed by atoms with E-state index in [2.05, 4.69) is 17.2 Å². The van der Waals surface area contributed by atoms with Gasteiger partial charge in [-0.05, 0) is 11.6 Å². The van der Waals surface area contributed by atoms with Crippen LogP contribution in [0, 0.1) is 11.8 Å². The molecular weight excluding hydrogens is 322 g/mol. The fraction of sp³-hybridized carbons (Fsp3) is 0.158. The predicted octanol–water partition coefficient (Wildman–Crippen LogP) is 2.49. The van der Waals surface area contributed by atoms with Gasteiger partial charge in [-0.3, -0.25) is 4.79 Å². The fourth-order valence-electron chi connectivity index (χ4n) is 1.98. The molecule has 0 aromatic heterocycles. The average molecular weight is 339 g/mol. The summed E-state index contributed by atoms with van der Waals surface area (Å²) in [5.74, 6) is 5.49. The van der Waals surface area contributed by atoms with Gasteiger partial charge in [-0.2, -0.15) is 0 Å². The number of ether oxygens (including phenoxy) is 2. The third-order valence-electron chi connectivity index (χ3n) is 3.23. The van der Waals surface area contributed by atoms with Crippen LogP contribution >= 0.6 is 0 Å². The van der Waals surface area contributed by atoms with E-state index in [4.69, 9.17) is 9.47 Å². The van der Waals surface area contributed by atoms with Gasteiger partial charge in [0.05, 0.1) is 13.7 Å². The number of hydrogen-bond acceptors (Lipinski definition) is 5. The summed E-state index contributed by atoms with van der Waals surface area (Å²) in [5, 5.41) is 12.2. The van der Waals surface area contributed by atoms with Crippen LogP contribution < -0.4 is 10.1 Å². The highest BCUT2D eigenvalue weighted by Gasteiger charge is 2.07. The first-order valence-electron chi connectivity index (χ1n) is 7.43. The number of carbonyl (C=O) groups is 2. The van der Waals surface area contributed by atoms with Gasteiger partial charge in [0.15, 0.2) is 17.8 Å². The van der Waals surface area contributed by atoms with E-state index in [9.17, 15) is 14.7 Å². The number of aromatic hydroxyl groups is 1. The lowest BCUT2D eigenvalue weighted by Gasteiger charge is -2.05. The van der Waals surface area contributed by atoms with E-state index in [1.54, 1.807) is 0 Å². The number of alkyl carbamates (subject to hydrolysis) is 1. The van der Waals surface area contributed by atoms with Crippen molar-refractivity contribution in [2.75, 3.05) is 13.7 Å². The molecule has 0 aliphatic carbocycles. The molecule has 0 saturated heterocycles. The van der Waals surface area contributed by atoms with Crippen molar-refractivity contribution in [3.8, 4) is 23.3 Å². The summed E-state index contributed by atoms with van der Waals surface area (Å²) in [4.78, 5) is 22.6. The van der Waals surface area contributed by atoms with Crippen molar-refractivity contribution < 1.29 is 24.2 Å². The summed E-state index contributed by atoms with van der Waals surface area (Å²) in [6.07, 6.45) is 0.0272. The zero-order chi connectivity index (χ0) is 18.1. The smallest absolute Gasteiger partial charge is 0.408 e. The summed E-state index contributed by atoms with van der Waals surface area (Å²) >= 11 is 0. The van der Waals surface area contributed by atoms with Crippen molar-refractivity contribution in [3.05, 3.63) is 59.2 Å². The Morgan fingerprint density at radius 3 is 2.72 bits per heavy atom. The lowest BCUT2D eigenvalue weighted by molar-refractivity contribution is 0.112. The predicted molar refractivity (Wildman–Crippen MR) is 91.6 cm³/mol. The SMILES string of the molecule is COc1cc(C=O)c(C#CCNC(=O)OCc2ccccc2)cc1O. The van der Waals surface area contributed by atoms with Gasteiger partial charge in [0.2, 0.25) is 0 Å². The largest absolute Gasteiger partial charge is 0.504 e. The lowest BCUT2D eigenvalue weighted by atomic mass is 10.1. The number of phenolic OH excluding ortho intramolecular Hbond substituents is 1. The molecule has 0 bridgehead atoms. The molecule has 1 amide bonds. The van der Waals surface area contributed by atoms with E-state index in [0.717, 1.165) is 5.56 Å². The van der Waals surface area contributed by atoms with Gasteiger partial charge in [-0.25, -0.2) is 4.79 Å². The zero-order valence-electron chi connectivity index (χ0n) is 13.6. The first kappa shape index (κ1) is 17.9. The summed E-state index contributed by atoms with van der Waals surface area (Å²) < 4.78 is 9.98. The van der Waals surface area contributed by atoms with Crippen molar-refractivity contribution in [1.29, 1.82) is 0 Å². The number of carbonyl (C=O) groups excluding carboxylic acids is 2. The molecule has 2 N–H and O–H groups in total. The Morgan fingerprint density at radius 2 is 2.04 bits per heavy atom. The second-order valence-corrected chi connectivity index (χ2v) is 4.95. The summed E-state index contributed by atoms with van der Waals surface area (Å²) in [6, 6.07) is 12.0. The molecule has 0 spiro atoms. The van der Waals surface area contributed by atoms with Gasteiger partial charge >= 0.3 is 6.09 Å². The standard InChI is InChI=1S/C19H17NO5/c1-24-18-11-16(12-21)15(10-17(18)22)8-5-9-20-19(23)25-13-14-6-3-2-4-7-14/h2-4,6-7,10-12,22H,9,13H2,1H3,(H,20,23). The monoisotopic (exact) mass is 339 g/mol. The second kappa shape index (κ2) is 8.99. The molecule has 0 atom stereocenters. The van der Waals surface area contributed by atoms with Crippen molar-refractivity contribution in [1.82, 2.24) is 5.32 Å². The molecule has 0 aliphatic heterocycles. The van der Waals surface area contributed by atoms with Crippen LogP contribution in [0.15, 0.2) is 42.5 Å². The maximum atomic E-state index is 11.6. The Kier molecular flexibility index (Phi) is 6.43. The molecule has 0 saturated carbocycles. The maximum Gasteiger partial charge on any atom is 0.408 e. The minimum absolute atomic E-state index is 0.0404. The Morgan fingerprint density at radius 1 is 1.28 bits per heavy atom. The fourth-order valence-corrected chi connectivity index (χ4v) is 1.98. The van der Waals surface area contributed by atoms with Crippen LogP contribution in [0.3, 0.4) is 0 Å². The van der Waals surface area contributed by atoms with Gasteiger partial charge in [0, 0.05) is 17.2 Å². The maximum absolute atomic E-state index is 11.6. The van der Waals surface area contributed by atoms with Crippen LogP contribution in [0.1, 0.15) is 21.5 Å². The molecular formula is C19H17NO5. The van der Waals surface area contributed by atoms with E-state index in [1.165, 1.54) is 19.2 Å². The number of hydrogen-bond donors (Lipinski definition) is 2. The van der Waals surface area contributed by atoms with Crippen LogP contribution in [-0.2, 0) is 11.3 Å². The number of phenols is 1. The highest BCUT2D eigenvalue weighted by atomic mass is 16.5. The normalized spacial score (nSPS) is 9.48. The Hall–Kier alpha value is -3.46. The lowest BCUT2D eigenvalue weighted by Crippen LogP contribution is -2.24. The quantitative estimate of drug-likeness (QED) is 0.646. The Bertz CT molecular complexity index is 806. The Labute approximate surface area is 145 Å². The number of methoxy groups -OCH3 is 1. The number of rotatable bonds is 5. The number of benzene rings is 2. The average Bonchev–Trinajstić information content (AvgIpc) is 2.64. The molecule has 6 nitrogen and oxygen atoms in total. The minimum Gasteiger partial charge on any atom is -0.504 e. The van der Waals surface area contributed by atoms with Crippen molar-refractivity contribution in [3.63, 3.8) is 0 Å². The zero-order valence-corrected chi connectivity index (χ0v) is 13.6. The highest BCUT2D eigenvalue weighted by molar-refractivity contribution is 5.81. The van der Waals surface area contributed by atoms with Crippen molar-refractivity contribution in [2.24, 2.45) is 0 Å². The van der Waals surface area contributed by atoms with Crippen LogP contribution in [0.4, 0.5) is 4.79 Å². The van der Waals surface area contributed by atoms with Crippen LogP contribution in [0.5, 0.6) is 11.5 Å². The molecule has 0 radical (unpaired) electrons. The molecule has 6 heteroatoms. The first-order valence-corrected chi connectivity index (χ1v) is 7.43. The topological polar surface area (TPSA) is 84.9 Å². The highest BCUT2D eigenvalue weighted by Crippen LogP contribution is 2.28. The summed E-state index contributed by atoms with van der Waals surface area (Å²) in [5.41, 5.74) is 1.51. The van der Waals surface area contributed by atoms with Gasteiger partial charge in [-0.15, -0.1) is 0 Å². The molecule has 2 rings (SSSR count). The van der Waals surface area contributed by atoms with Crippen LogP contribution in [0.2, 0.25) is 0 Å². The van der Waals surface area contributed by atoms with E-state index in [-0.39, 0.29) is 30.2 Å². The number of nitrogens with one attached hydrogen (secondary N) is 1. The summed E-state index contributed by atoms with van der Waals surface area (Å²) in [6.45, 7) is 0.209. The molecule has 128 valence electrons. The van der Waals surface area contributed by atoms with Crippen molar-refractivity contribution >= 4 is 12.4 Å². The van der Waals surface area contributed by atoms with Crippen LogP contribution in [-0.4, -0.2) is 31.1 Å². The minimum atomic E-state index is -0.591. The molecule has 0 aliphatic rings.